The maximum absolute atomic E-state index is 11.2. The van der Waals surface area contributed by atoms with Crippen molar-refractivity contribution in [2.45, 2.75) is 57.9 Å². The highest BCUT2D eigenvalue weighted by atomic mass is 16.4. The highest BCUT2D eigenvalue weighted by molar-refractivity contribution is 5.88. The summed E-state index contributed by atoms with van der Waals surface area (Å²) in [6.07, 6.45) is 7.71. The first-order valence-electron chi connectivity index (χ1n) is 6.42. The van der Waals surface area contributed by atoms with Crippen LogP contribution in [0.3, 0.4) is 0 Å². The van der Waals surface area contributed by atoms with Gasteiger partial charge in [-0.25, -0.2) is 4.79 Å². The van der Waals surface area contributed by atoms with Crippen LogP contribution < -0.4 is 0 Å². The molecule has 2 rings (SSSR count). The number of carbonyl (C=O) groups is 1. The van der Waals surface area contributed by atoms with Gasteiger partial charge in [-0.2, -0.15) is 5.10 Å². The van der Waals surface area contributed by atoms with E-state index < -0.39 is 5.97 Å². The van der Waals surface area contributed by atoms with Crippen LogP contribution in [0.5, 0.6) is 0 Å². The Morgan fingerprint density at radius 2 is 2.06 bits per heavy atom. The van der Waals surface area contributed by atoms with Gasteiger partial charge in [-0.3, -0.25) is 4.68 Å². The molecule has 0 spiro atoms. The van der Waals surface area contributed by atoms with Crippen LogP contribution >= 0.6 is 0 Å². The molecule has 4 heteroatoms. The molecule has 0 atom stereocenters. The minimum Gasteiger partial charge on any atom is -0.478 e. The quantitative estimate of drug-likeness (QED) is 0.876. The van der Waals surface area contributed by atoms with Crippen LogP contribution in [-0.2, 0) is 0 Å². The molecule has 1 saturated carbocycles. The second-order valence-corrected chi connectivity index (χ2v) is 5.16. The zero-order valence-electron chi connectivity index (χ0n) is 10.5. The summed E-state index contributed by atoms with van der Waals surface area (Å²) in [4.78, 5) is 11.2. The topological polar surface area (TPSA) is 55.1 Å². The number of nitrogens with zero attached hydrogens (tertiary/aromatic N) is 2. The van der Waals surface area contributed by atoms with Gasteiger partial charge in [0.15, 0.2) is 0 Å². The minimum atomic E-state index is -0.865. The summed E-state index contributed by atoms with van der Waals surface area (Å²) in [5.41, 5.74) is 1.08. The predicted molar refractivity (Wildman–Crippen MR) is 65.4 cm³/mol. The molecule has 0 bridgehead atoms. The van der Waals surface area contributed by atoms with Crippen LogP contribution in [0.1, 0.15) is 74.0 Å². The van der Waals surface area contributed by atoms with Crippen LogP contribution in [0.4, 0.5) is 0 Å². The van der Waals surface area contributed by atoms with Crippen LogP contribution in [0.15, 0.2) is 6.20 Å². The normalized spacial score (nSPS) is 17.6. The van der Waals surface area contributed by atoms with Crippen molar-refractivity contribution < 1.29 is 9.90 Å². The molecule has 94 valence electrons. The van der Waals surface area contributed by atoms with E-state index in [1.165, 1.54) is 19.3 Å². The van der Waals surface area contributed by atoms with Gasteiger partial charge in [0.05, 0.1) is 11.7 Å². The second-order valence-electron chi connectivity index (χ2n) is 5.16. The van der Waals surface area contributed by atoms with Crippen LogP contribution in [0.25, 0.3) is 0 Å². The average Bonchev–Trinajstić information content (AvgIpc) is 2.75. The maximum Gasteiger partial charge on any atom is 0.339 e. The largest absolute Gasteiger partial charge is 0.478 e. The highest BCUT2D eigenvalue weighted by Gasteiger charge is 2.22. The van der Waals surface area contributed by atoms with Crippen LogP contribution in [-0.4, -0.2) is 20.9 Å². The van der Waals surface area contributed by atoms with E-state index >= 15 is 0 Å². The Morgan fingerprint density at radius 3 is 2.53 bits per heavy atom. The maximum atomic E-state index is 11.2. The lowest BCUT2D eigenvalue weighted by Gasteiger charge is -2.21. The third-order valence-electron chi connectivity index (χ3n) is 3.49. The first kappa shape index (κ1) is 12.1. The molecular weight excluding hydrogens is 216 g/mol. The zero-order valence-corrected chi connectivity index (χ0v) is 10.5. The fourth-order valence-electron chi connectivity index (χ4n) is 2.53. The molecule has 0 aliphatic heterocycles. The lowest BCUT2D eigenvalue weighted by Crippen LogP contribution is -2.13. The van der Waals surface area contributed by atoms with E-state index in [4.69, 9.17) is 0 Å². The van der Waals surface area contributed by atoms with Crippen LogP contribution in [0, 0.1) is 0 Å². The summed E-state index contributed by atoms with van der Waals surface area (Å²) in [5.74, 6) is -0.707. The lowest BCUT2D eigenvalue weighted by atomic mass is 9.96. The first-order chi connectivity index (χ1) is 8.09. The van der Waals surface area contributed by atoms with Crippen molar-refractivity contribution in [1.82, 2.24) is 9.78 Å². The van der Waals surface area contributed by atoms with Gasteiger partial charge in [-0.1, -0.05) is 33.1 Å². The van der Waals surface area contributed by atoms with Crippen molar-refractivity contribution in [2.75, 3.05) is 0 Å². The van der Waals surface area contributed by atoms with E-state index in [2.05, 4.69) is 5.10 Å². The van der Waals surface area contributed by atoms with Crippen molar-refractivity contribution >= 4 is 5.97 Å². The van der Waals surface area contributed by atoms with Gasteiger partial charge in [-0.15, -0.1) is 0 Å². The van der Waals surface area contributed by atoms with Gasteiger partial charge in [0.2, 0.25) is 0 Å². The van der Waals surface area contributed by atoms with E-state index in [1.54, 1.807) is 6.20 Å². The molecule has 0 unspecified atom stereocenters. The van der Waals surface area contributed by atoms with Crippen molar-refractivity contribution in [2.24, 2.45) is 0 Å². The summed E-state index contributed by atoms with van der Waals surface area (Å²) in [6.45, 7) is 3.97. The number of carboxylic acids is 1. The van der Waals surface area contributed by atoms with E-state index in [-0.39, 0.29) is 5.92 Å². The third kappa shape index (κ3) is 2.51. The smallest absolute Gasteiger partial charge is 0.339 e. The lowest BCUT2D eigenvalue weighted by molar-refractivity contribution is 0.0695. The fourth-order valence-corrected chi connectivity index (χ4v) is 2.53. The van der Waals surface area contributed by atoms with Crippen molar-refractivity contribution in [3.8, 4) is 0 Å². The number of carboxylic acid groups (broad SMARTS) is 1. The summed E-state index contributed by atoms with van der Waals surface area (Å²) in [7, 11) is 0. The summed E-state index contributed by atoms with van der Waals surface area (Å²) >= 11 is 0. The number of aromatic nitrogens is 2. The van der Waals surface area contributed by atoms with Gasteiger partial charge in [0.1, 0.15) is 5.56 Å². The molecular formula is C13H20N2O2. The summed E-state index contributed by atoms with van der Waals surface area (Å²) in [5, 5.41) is 13.7. The van der Waals surface area contributed by atoms with Gasteiger partial charge in [0, 0.05) is 6.20 Å². The standard InChI is InChI=1S/C13H20N2O2/c1-9(2)12-11(13(16)17)8-15(14-12)10-6-4-3-5-7-10/h8-10H,3-7H2,1-2H3,(H,16,17). The fraction of sp³-hybridized carbons (Fsp3) is 0.692. The summed E-state index contributed by atoms with van der Waals surface area (Å²) in [6, 6.07) is 0.398. The summed E-state index contributed by atoms with van der Waals surface area (Å²) < 4.78 is 1.89. The highest BCUT2D eigenvalue weighted by Crippen LogP contribution is 2.29. The first-order valence-corrected chi connectivity index (χ1v) is 6.42. The predicted octanol–water partition coefficient (Wildman–Crippen LogP) is 3.21. The van der Waals surface area contributed by atoms with Crippen LogP contribution in [0.2, 0.25) is 0 Å². The van der Waals surface area contributed by atoms with E-state index in [0.29, 0.717) is 17.3 Å². The molecule has 1 N–H and O–H groups in total. The Labute approximate surface area is 102 Å². The van der Waals surface area contributed by atoms with E-state index in [1.807, 2.05) is 18.5 Å². The molecule has 0 saturated heterocycles. The second kappa shape index (κ2) is 4.90. The molecule has 0 aromatic carbocycles. The Bertz CT molecular complexity index is 404. The van der Waals surface area contributed by atoms with E-state index in [0.717, 1.165) is 12.8 Å². The Morgan fingerprint density at radius 1 is 1.41 bits per heavy atom. The Kier molecular flexibility index (Phi) is 3.50. The molecule has 1 heterocycles. The van der Waals surface area contributed by atoms with E-state index in [9.17, 15) is 9.90 Å². The molecule has 1 aliphatic carbocycles. The Balaban J connectivity index is 2.29. The molecule has 1 aromatic heterocycles. The van der Waals surface area contributed by atoms with Crippen molar-refractivity contribution in [3.05, 3.63) is 17.5 Å². The molecule has 4 nitrogen and oxygen atoms in total. The molecule has 1 aromatic rings. The van der Waals surface area contributed by atoms with Gasteiger partial charge < -0.3 is 5.11 Å². The Hall–Kier alpha value is -1.32. The van der Waals surface area contributed by atoms with Crippen molar-refractivity contribution in [3.63, 3.8) is 0 Å². The van der Waals surface area contributed by atoms with Gasteiger partial charge in [0.25, 0.3) is 0 Å². The number of rotatable bonds is 3. The van der Waals surface area contributed by atoms with Gasteiger partial charge in [-0.05, 0) is 18.8 Å². The molecule has 0 radical (unpaired) electrons. The van der Waals surface area contributed by atoms with Crippen molar-refractivity contribution in [1.29, 1.82) is 0 Å². The number of aromatic carboxylic acids is 1. The molecule has 17 heavy (non-hydrogen) atoms. The minimum absolute atomic E-state index is 0.158. The average molecular weight is 236 g/mol. The SMILES string of the molecule is CC(C)c1nn(C2CCCCC2)cc1C(=O)O. The molecule has 1 fully saturated rings. The number of hydrogen-bond donors (Lipinski definition) is 1. The third-order valence-corrected chi connectivity index (χ3v) is 3.49. The molecule has 0 amide bonds. The zero-order chi connectivity index (χ0) is 12.4. The van der Waals surface area contributed by atoms with Gasteiger partial charge >= 0.3 is 5.97 Å². The number of hydrogen-bond acceptors (Lipinski definition) is 2. The monoisotopic (exact) mass is 236 g/mol. The molecule has 1 aliphatic rings.